The van der Waals surface area contributed by atoms with Crippen LogP contribution in [0.3, 0.4) is 0 Å². The largest absolute Gasteiger partial charge is 0.384 e. The van der Waals surface area contributed by atoms with Crippen LogP contribution in [0, 0.1) is 11.8 Å². The summed E-state index contributed by atoms with van der Waals surface area (Å²) in [6.07, 6.45) is 0. The van der Waals surface area contributed by atoms with Gasteiger partial charge in [-0.3, -0.25) is 4.90 Å². The van der Waals surface area contributed by atoms with E-state index >= 15 is 0 Å². The first kappa shape index (κ1) is 14.3. The lowest BCUT2D eigenvalue weighted by atomic mass is 10.1. The smallest absolute Gasteiger partial charge is 0.104 e. The van der Waals surface area contributed by atoms with Crippen LogP contribution in [-0.2, 0) is 13.1 Å². The van der Waals surface area contributed by atoms with Crippen molar-refractivity contribution in [2.45, 2.75) is 13.1 Å². The van der Waals surface area contributed by atoms with E-state index in [9.17, 15) is 0 Å². The van der Waals surface area contributed by atoms with Gasteiger partial charge in [0.05, 0.1) is 6.54 Å². The van der Waals surface area contributed by atoms with Gasteiger partial charge in [-0.25, -0.2) is 0 Å². The molecule has 0 saturated carbocycles. The summed E-state index contributed by atoms with van der Waals surface area (Å²) >= 11 is 0. The van der Waals surface area contributed by atoms with E-state index in [0.29, 0.717) is 6.54 Å². The van der Waals surface area contributed by atoms with Crippen LogP contribution in [0.1, 0.15) is 11.1 Å². The summed E-state index contributed by atoms with van der Waals surface area (Å²) in [5.41, 5.74) is 2.54. The molecule has 2 aromatic rings. The van der Waals surface area contributed by atoms with Crippen molar-refractivity contribution in [3.05, 3.63) is 71.8 Å². The van der Waals surface area contributed by atoms with Crippen molar-refractivity contribution in [3.8, 4) is 11.8 Å². The van der Waals surface area contributed by atoms with E-state index in [4.69, 9.17) is 5.11 Å². The van der Waals surface area contributed by atoms with Crippen molar-refractivity contribution in [1.29, 1.82) is 0 Å². The number of rotatable bonds is 5. The Morgan fingerprint density at radius 3 is 1.70 bits per heavy atom. The number of benzene rings is 2. The summed E-state index contributed by atoms with van der Waals surface area (Å²) in [5, 5.41) is 8.77. The molecular formula is C18H19NO. The van der Waals surface area contributed by atoms with Gasteiger partial charge in [-0.15, -0.1) is 0 Å². The fraction of sp³-hybridized carbons (Fsp3) is 0.222. The average molecular weight is 265 g/mol. The summed E-state index contributed by atoms with van der Waals surface area (Å²) in [6.45, 7) is 2.29. The quantitative estimate of drug-likeness (QED) is 0.840. The second-order valence-corrected chi connectivity index (χ2v) is 4.63. The predicted molar refractivity (Wildman–Crippen MR) is 81.9 cm³/mol. The Bertz CT molecular complexity index is 513. The van der Waals surface area contributed by atoms with Gasteiger partial charge in [-0.05, 0) is 11.1 Å². The van der Waals surface area contributed by atoms with Crippen molar-refractivity contribution in [1.82, 2.24) is 4.90 Å². The molecule has 0 atom stereocenters. The highest BCUT2D eigenvalue weighted by atomic mass is 16.2. The van der Waals surface area contributed by atoms with Gasteiger partial charge >= 0.3 is 0 Å². The predicted octanol–water partition coefficient (Wildman–Crippen LogP) is 2.68. The minimum atomic E-state index is -0.0789. The van der Waals surface area contributed by atoms with Crippen molar-refractivity contribution in [2.75, 3.05) is 13.2 Å². The van der Waals surface area contributed by atoms with Gasteiger partial charge in [-0.2, -0.15) is 0 Å². The molecule has 0 saturated heterocycles. The molecule has 0 heterocycles. The van der Waals surface area contributed by atoms with E-state index in [2.05, 4.69) is 65.3 Å². The zero-order chi connectivity index (χ0) is 14.0. The third-order valence-electron chi connectivity index (χ3n) is 3.00. The summed E-state index contributed by atoms with van der Waals surface area (Å²) in [4.78, 5) is 2.27. The number of hydrogen-bond acceptors (Lipinski definition) is 2. The molecule has 2 aromatic carbocycles. The molecule has 0 aromatic heterocycles. The minimum absolute atomic E-state index is 0.0789. The zero-order valence-corrected chi connectivity index (χ0v) is 11.5. The maximum absolute atomic E-state index is 8.77. The number of aliphatic hydroxyl groups excluding tert-OH is 1. The molecule has 0 spiro atoms. The topological polar surface area (TPSA) is 23.5 Å². The van der Waals surface area contributed by atoms with Crippen molar-refractivity contribution in [2.24, 2.45) is 0 Å². The van der Waals surface area contributed by atoms with Gasteiger partial charge in [0.15, 0.2) is 0 Å². The van der Waals surface area contributed by atoms with E-state index in [1.54, 1.807) is 0 Å². The van der Waals surface area contributed by atoms with Gasteiger partial charge in [0, 0.05) is 13.1 Å². The maximum Gasteiger partial charge on any atom is 0.104 e. The highest BCUT2D eigenvalue weighted by molar-refractivity contribution is 5.17. The molecule has 0 unspecified atom stereocenters. The number of nitrogens with zero attached hydrogens (tertiary/aromatic N) is 1. The molecule has 0 amide bonds. The monoisotopic (exact) mass is 265 g/mol. The lowest BCUT2D eigenvalue weighted by Crippen LogP contribution is -2.23. The van der Waals surface area contributed by atoms with Crippen LogP contribution >= 0.6 is 0 Å². The van der Waals surface area contributed by atoms with Crippen LogP contribution in [0.15, 0.2) is 60.7 Å². The molecule has 0 aliphatic heterocycles. The Morgan fingerprint density at radius 2 is 1.25 bits per heavy atom. The summed E-state index contributed by atoms with van der Waals surface area (Å²) in [5.74, 6) is 5.72. The van der Waals surface area contributed by atoms with Crippen LogP contribution in [-0.4, -0.2) is 23.2 Å². The number of aliphatic hydroxyl groups is 1. The molecule has 0 radical (unpaired) electrons. The third kappa shape index (κ3) is 4.89. The highest BCUT2D eigenvalue weighted by Gasteiger charge is 2.05. The van der Waals surface area contributed by atoms with Gasteiger partial charge in [0.2, 0.25) is 0 Å². The molecular weight excluding hydrogens is 246 g/mol. The Hall–Kier alpha value is -2.08. The molecule has 2 heteroatoms. The molecule has 0 fully saturated rings. The molecule has 0 aliphatic carbocycles. The van der Waals surface area contributed by atoms with Crippen LogP contribution in [0.5, 0.6) is 0 Å². The van der Waals surface area contributed by atoms with Crippen molar-refractivity contribution >= 4 is 0 Å². The Labute approximate surface area is 120 Å². The molecule has 2 rings (SSSR count). The first-order chi connectivity index (χ1) is 9.88. The maximum atomic E-state index is 8.77. The third-order valence-corrected chi connectivity index (χ3v) is 3.00. The minimum Gasteiger partial charge on any atom is -0.384 e. The lowest BCUT2D eigenvalue weighted by Gasteiger charge is -2.20. The molecule has 20 heavy (non-hydrogen) atoms. The number of hydrogen-bond donors (Lipinski definition) is 1. The lowest BCUT2D eigenvalue weighted by molar-refractivity contribution is 0.290. The molecule has 0 bridgehead atoms. The zero-order valence-electron chi connectivity index (χ0n) is 11.5. The second-order valence-electron chi connectivity index (χ2n) is 4.63. The van der Waals surface area contributed by atoms with Crippen LogP contribution in [0.4, 0.5) is 0 Å². The second kappa shape index (κ2) is 8.16. The van der Waals surface area contributed by atoms with E-state index in [1.165, 1.54) is 11.1 Å². The first-order valence-electron chi connectivity index (χ1n) is 6.75. The van der Waals surface area contributed by atoms with E-state index < -0.39 is 0 Å². The Kier molecular flexibility index (Phi) is 5.85. The summed E-state index contributed by atoms with van der Waals surface area (Å²) in [6, 6.07) is 20.7. The van der Waals surface area contributed by atoms with Gasteiger partial charge in [0.25, 0.3) is 0 Å². The fourth-order valence-electron chi connectivity index (χ4n) is 2.07. The van der Waals surface area contributed by atoms with Gasteiger partial charge < -0.3 is 5.11 Å². The first-order valence-corrected chi connectivity index (χ1v) is 6.75. The SMILES string of the molecule is OCC#CCN(Cc1ccccc1)Cc1ccccc1. The van der Waals surface area contributed by atoms with Gasteiger partial charge in [-0.1, -0.05) is 72.5 Å². The average Bonchev–Trinajstić information content (AvgIpc) is 2.49. The fourth-order valence-corrected chi connectivity index (χ4v) is 2.07. The van der Waals surface area contributed by atoms with Crippen LogP contribution in [0.25, 0.3) is 0 Å². The van der Waals surface area contributed by atoms with E-state index in [0.717, 1.165) is 13.1 Å². The Morgan fingerprint density at radius 1 is 0.750 bits per heavy atom. The van der Waals surface area contributed by atoms with E-state index in [1.807, 2.05) is 12.1 Å². The molecule has 0 aliphatic rings. The van der Waals surface area contributed by atoms with Gasteiger partial charge in [0.1, 0.15) is 6.61 Å². The Balaban J connectivity index is 2.04. The molecule has 1 N–H and O–H groups in total. The van der Waals surface area contributed by atoms with Crippen molar-refractivity contribution in [3.63, 3.8) is 0 Å². The van der Waals surface area contributed by atoms with E-state index in [-0.39, 0.29) is 6.61 Å². The van der Waals surface area contributed by atoms with Crippen molar-refractivity contribution < 1.29 is 5.11 Å². The standard InChI is InChI=1S/C18H19NO/c20-14-8-7-13-19(15-17-9-3-1-4-10-17)16-18-11-5-2-6-12-18/h1-6,9-12,20H,13-16H2. The highest BCUT2D eigenvalue weighted by Crippen LogP contribution is 2.09. The molecule has 102 valence electrons. The molecule has 2 nitrogen and oxygen atoms in total. The van der Waals surface area contributed by atoms with Crippen LogP contribution in [0.2, 0.25) is 0 Å². The normalized spacial score (nSPS) is 10.1. The summed E-state index contributed by atoms with van der Waals surface area (Å²) < 4.78 is 0. The summed E-state index contributed by atoms with van der Waals surface area (Å²) in [7, 11) is 0. The van der Waals surface area contributed by atoms with Crippen LogP contribution < -0.4 is 0 Å².